The van der Waals surface area contributed by atoms with Gasteiger partial charge in [-0.05, 0) is 43.3 Å². The smallest absolute Gasteiger partial charge is 0.221 e. The number of para-hydroxylation sites is 1. The number of piperidine rings is 1. The maximum Gasteiger partial charge on any atom is 0.221 e. The number of likely N-dealkylation sites (tertiary alicyclic amines) is 1. The van der Waals surface area contributed by atoms with Crippen LogP contribution in [0.2, 0.25) is 0 Å². The van der Waals surface area contributed by atoms with Crippen molar-refractivity contribution >= 4 is 11.6 Å². The topological polar surface area (TPSA) is 41.6 Å². The number of ether oxygens (including phenoxy) is 1. The number of likely N-dealkylation sites (N-methyl/N-ethyl adjacent to an activating group) is 1. The number of benzene rings is 2. The van der Waals surface area contributed by atoms with E-state index in [4.69, 9.17) is 4.74 Å². The molecule has 24 heavy (non-hydrogen) atoms. The maximum absolute atomic E-state index is 11.3. The van der Waals surface area contributed by atoms with Gasteiger partial charge in [0.15, 0.2) is 0 Å². The average Bonchev–Trinajstić information content (AvgIpc) is 2.57. The fourth-order valence-corrected chi connectivity index (χ4v) is 3.28. The lowest BCUT2D eigenvalue weighted by Crippen LogP contribution is -2.42. The molecule has 0 aliphatic carbocycles. The molecule has 0 unspecified atom stereocenters. The monoisotopic (exact) mass is 324 g/mol. The highest BCUT2D eigenvalue weighted by Crippen LogP contribution is 2.31. The van der Waals surface area contributed by atoms with Gasteiger partial charge < -0.3 is 15.0 Å². The van der Waals surface area contributed by atoms with Crippen LogP contribution in [0.25, 0.3) is 0 Å². The largest absolute Gasteiger partial charge is 0.490 e. The van der Waals surface area contributed by atoms with Gasteiger partial charge in [-0.1, -0.05) is 30.3 Å². The van der Waals surface area contributed by atoms with Crippen molar-refractivity contribution in [3.63, 3.8) is 0 Å². The number of anilines is 1. The second-order valence-corrected chi connectivity index (χ2v) is 6.43. The third kappa shape index (κ3) is 4.15. The third-order valence-electron chi connectivity index (χ3n) is 4.42. The Morgan fingerprint density at radius 3 is 2.71 bits per heavy atom. The summed E-state index contributed by atoms with van der Waals surface area (Å²) < 4.78 is 6.28. The van der Waals surface area contributed by atoms with Gasteiger partial charge in [0.25, 0.3) is 0 Å². The Morgan fingerprint density at radius 1 is 1.17 bits per heavy atom. The Balaban J connectivity index is 1.82. The molecule has 2 aromatic rings. The molecule has 1 aliphatic rings. The van der Waals surface area contributed by atoms with Gasteiger partial charge in [0, 0.05) is 31.6 Å². The summed E-state index contributed by atoms with van der Waals surface area (Å²) in [6.45, 7) is 3.50. The first-order valence-corrected chi connectivity index (χ1v) is 8.39. The van der Waals surface area contributed by atoms with Gasteiger partial charge in [0.05, 0.1) is 0 Å². The molecule has 2 atom stereocenters. The number of nitrogens with one attached hydrogen (secondary N) is 1. The van der Waals surface area contributed by atoms with Crippen molar-refractivity contribution < 1.29 is 9.53 Å². The quantitative estimate of drug-likeness (QED) is 0.936. The van der Waals surface area contributed by atoms with Crippen molar-refractivity contribution in [2.75, 3.05) is 25.5 Å². The molecule has 1 amide bonds. The average molecular weight is 324 g/mol. The van der Waals surface area contributed by atoms with Crippen molar-refractivity contribution in [1.82, 2.24) is 4.90 Å². The van der Waals surface area contributed by atoms with Gasteiger partial charge in [-0.3, -0.25) is 4.79 Å². The molecule has 4 nitrogen and oxygen atoms in total. The Kier molecular flexibility index (Phi) is 5.16. The van der Waals surface area contributed by atoms with E-state index in [0.717, 1.165) is 30.9 Å². The van der Waals surface area contributed by atoms with E-state index in [0.29, 0.717) is 0 Å². The van der Waals surface area contributed by atoms with Crippen molar-refractivity contribution in [3.8, 4) is 5.75 Å². The van der Waals surface area contributed by atoms with Crippen LogP contribution in [0, 0.1) is 0 Å². The van der Waals surface area contributed by atoms with Crippen LogP contribution in [0.5, 0.6) is 5.75 Å². The van der Waals surface area contributed by atoms with Gasteiger partial charge >= 0.3 is 0 Å². The SMILES string of the molecule is CC(=O)Nc1cccc([C@@H]2CN(C)CC[C@@H]2Oc2ccccc2)c1. The van der Waals surface area contributed by atoms with E-state index in [1.54, 1.807) is 0 Å². The van der Waals surface area contributed by atoms with Crippen LogP contribution in [0.1, 0.15) is 24.8 Å². The highest BCUT2D eigenvalue weighted by atomic mass is 16.5. The number of rotatable bonds is 4. The van der Waals surface area contributed by atoms with Crippen LogP contribution in [-0.4, -0.2) is 37.0 Å². The van der Waals surface area contributed by atoms with Gasteiger partial charge in [-0.2, -0.15) is 0 Å². The minimum absolute atomic E-state index is 0.0509. The molecule has 1 saturated heterocycles. The number of hydrogen-bond donors (Lipinski definition) is 1. The molecule has 126 valence electrons. The summed E-state index contributed by atoms with van der Waals surface area (Å²) in [5, 5.41) is 2.87. The van der Waals surface area contributed by atoms with Crippen molar-refractivity contribution in [3.05, 3.63) is 60.2 Å². The zero-order valence-corrected chi connectivity index (χ0v) is 14.2. The second-order valence-electron chi connectivity index (χ2n) is 6.43. The number of carbonyl (C=O) groups excluding carboxylic acids is 1. The molecule has 0 aromatic heterocycles. The van der Waals surface area contributed by atoms with E-state index >= 15 is 0 Å². The molecule has 1 aliphatic heterocycles. The minimum atomic E-state index is -0.0509. The Morgan fingerprint density at radius 2 is 1.96 bits per heavy atom. The van der Waals surface area contributed by atoms with Crippen LogP contribution < -0.4 is 10.1 Å². The van der Waals surface area contributed by atoms with Gasteiger partial charge in [0.2, 0.25) is 5.91 Å². The molecule has 3 rings (SSSR count). The van der Waals surface area contributed by atoms with Crippen LogP contribution >= 0.6 is 0 Å². The minimum Gasteiger partial charge on any atom is -0.490 e. The fraction of sp³-hybridized carbons (Fsp3) is 0.350. The Bertz CT molecular complexity index is 687. The first-order valence-electron chi connectivity index (χ1n) is 8.39. The Labute approximate surface area is 143 Å². The van der Waals surface area contributed by atoms with Crippen molar-refractivity contribution in [1.29, 1.82) is 0 Å². The molecule has 4 heteroatoms. The molecular weight excluding hydrogens is 300 g/mol. The maximum atomic E-state index is 11.3. The predicted molar refractivity (Wildman–Crippen MR) is 96.5 cm³/mol. The zero-order chi connectivity index (χ0) is 16.9. The molecule has 2 aromatic carbocycles. The van der Waals surface area contributed by atoms with E-state index in [1.165, 1.54) is 12.5 Å². The Hall–Kier alpha value is -2.33. The molecule has 0 saturated carbocycles. The van der Waals surface area contributed by atoms with E-state index in [9.17, 15) is 4.79 Å². The van der Waals surface area contributed by atoms with Crippen LogP contribution in [-0.2, 0) is 4.79 Å². The van der Waals surface area contributed by atoms with Gasteiger partial charge in [-0.15, -0.1) is 0 Å². The third-order valence-corrected chi connectivity index (χ3v) is 4.42. The van der Waals surface area contributed by atoms with Gasteiger partial charge in [0.1, 0.15) is 11.9 Å². The standard InChI is InChI=1S/C20H24N2O2/c1-15(23)21-17-8-6-7-16(13-17)19-14-22(2)12-11-20(19)24-18-9-4-3-5-10-18/h3-10,13,19-20H,11-12,14H2,1-2H3,(H,21,23)/t19-,20-/m0/s1. The molecule has 1 fully saturated rings. The summed E-state index contributed by atoms with van der Waals surface area (Å²) in [6.07, 6.45) is 1.12. The second kappa shape index (κ2) is 7.49. The van der Waals surface area contributed by atoms with Crippen molar-refractivity contribution in [2.45, 2.75) is 25.4 Å². The lowest BCUT2D eigenvalue weighted by atomic mass is 9.87. The molecule has 0 radical (unpaired) electrons. The summed E-state index contributed by atoms with van der Waals surface area (Å²) in [6, 6.07) is 18.1. The molecule has 1 N–H and O–H groups in total. The van der Waals surface area contributed by atoms with Crippen LogP contribution in [0.4, 0.5) is 5.69 Å². The molecule has 1 heterocycles. The highest BCUT2D eigenvalue weighted by molar-refractivity contribution is 5.88. The lowest BCUT2D eigenvalue weighted by Gasteiger charge is -2.37. The van der Waals surface area contributed by atoms with Crippen molar-refractivity contribution in [2.24, 2.45) is 0 Å². The number of hydrogen-bond acceptors (Lipinski definition) is 3. The fourth-order valence-electron chi connectivity index (χ4n) is 3.28. The van der Waals surface area contributed by atoms with Gasteiger partial charge in [-0.25, -0.2) is 0 Å². The van der Waals surface area contributed by atoms with E-state index < -0.39 is 0 Å². The molecule has 0 bridgehead atoms. The highest BCUT2D eigenvalue weighted by Gasteiger charge is 2.30. The number of nitrogens with zero attached hydrogens (tertiary/aromatic N) is 1. The molecule has 0 spiro atoms. The molecular formula is C20H24N2O2. The van der Waals surface area contributed by atoms with Crippen LogP contribution in [0.3, 0.4) is 0 Å². The normalized spacial score (nSPS) is 21.2. The number of amides is 1. The summed E-state index contributed by atoms with van der Waals surface area (Å²) in [5.41, 5.74) is 2.04. The lowest BCUT2D eigenvalue weighted by molar-refractivity contribution is -0.114. The van der Waals surface area contributed by atoms with E-state index in [1.807, 2.05) is 42.5 Å². The number of carbonyl (C=O) groups is 1. The van der Waals surface area contributed by atoms with E-state index in [2.05, 4.69) is 29.4 Å². The summed E-state index contributed by atoms with van der Waals surface area (Å²) in [4.78, 5) is 13.6. The summed E-state index contributed by atoms with van der Waals surface area (Å²) in [5.74, 6) is 1.14. The first kappa shape index (κ1) is 16.5. The van der Waals surface area contributed by atoms with Crippen LogP contribution in [0.15, 0.2) is 54.6 Å². The summed E-state index contributed by atoms with van der Waals surface area (Å²) in [7, 11) is 2.14. The predicted octanol–water partition coefficient (Wildman–Crippen LogP) is 3.51. The van der Waals surface area contributed by atoms with E-state index in [-0.39, 0.29) is 17.9 Å². The summed E-state index contributed by atoms with van der Waals surface area (Å²) >= 11 is 0. The first-order chi connectivity index (χ1) is 11.6. The zero-order valence-electron chi connectivity index (χ0n) is 14.2.